The van der Waals surface area contributed by atoms with Crippen LogP contribution in [0, 0.1) is 0 Å². The third kappa shape index (κ3) is 2.67. The zero-order valence-electron chi connectivity index (χ0n) is 12.0. The van der Waals surface area contributed by atoms with E-state index in [0.29, 0.717) is 6.61 Å². The van der Waals surface area contributed by atoms with Gasteiger partial charge in [0.1, 0.15) is 0 Å². The van der Waals surface area contributed by atoms with Gasteiger partial charge in [-0.3, -0.25) is 4.40 Å². The van der Waals surface area contributed by atoms with Gasteiger partial charge >= 0.3 is 0 Å². The first-order valence-electron chi connectivity index (χ1n) is 7.12. The summed E-state index contributed by atoms with van der Waals surface area (Å²) < 4.78 is 7.72. The third-order valence-corrected chi connectivity index (χ3v) is 3.32. The normalized spacial score (nSPS) is 10.9. The van der Waals surface area contributed by atoms with Crippen molar-refractivity contribution in [3.05, 3.63) is 42.6 Å². The lowest BCUT2D eigenvalue weighted by Crippen LogP contribution is -1.99. The van der Waals surface area contributed by atoms with Crippen LogP contribution in [0.1, 0.15) is 19.8 Å². The van der Waals surface area contributed by atoms with Crippen LogP contribution in [0.25, 0.3) is 17.0 Å². The predicted molar refractivity (Wildman–Crippen MR) is 83.2 cm³/mol. The highest BCUT2D eigenvalue weighted by Gasteiger charge is 2.11. The summed E-state index contributed by atoms with van der Waals surface area (Å²) in [6, 6.07) is 11.5. The van der Waals surface area contributed by atoms with E-state index in [-0.39, 0.29) is 0 Å². The fourth-order valence-electron chi connectivity index (χ4n) is 2.16. The predicted octanol–water partition coefficient (Wildman–Crippen LogP) is 3.16. The Hall–Kier alpha value is -2.56. The Bertz CT molecular complexity index is 734. The summed E-state index contributed by atoms with van der Waals surface area (Å²) in [5.74, 6) is 1.55. The molecule has 2 heterocycles. The Kier molecular flexibility index (Phi) is 3.73. The second kappa shape index (κ2) is 5.83. The molecule has 0 atom stereocenters. The summed E-state index contributed by atoms with van der Waals surface area (Å²) in [6.07, 6.45) is 4.07. The summed E-state index contributed by atoms with van der Waals surface area (Å²) in [5.41, 5.74) is 8.17. The van der Waals surface area contributed by atoms with Gasteiger partial charge in [0.05, 0.1) is 6.61 Å². The molecule has 0 amide bonds. The molecule has 2 aromatic heterocycles. The molecule has 0 saturated heterocycles. The van der Waals surface area contributed by atoms with E-state index in [0.717, 1.165) is 41.3 Å². The van der Waals surface area contributed by atoms with E-state index in [2.05, 4.69) is 17.1 Å². The van der Waals surface area contributed by atoms with Gasteiger partial charge in [-0.15, -0.1) is 10.2 Å². The number of ether oxygens (including phenoxy) is 1. The molecule has 0 fully saturated rings. The fraction of sp³-hybridized carbons (Fsp3) is 0.250. The molecule has 0 aliphatic carbocycles. The second-order valence-electron chi connectivity index (χ2n) is 4.91. The van der Waals surface area contributed by atoms with Crippen molar-refractivity contribution < 1.29 is 4.74 Å². The molecule has 5 nitrogen and oxygen atoms in total. The zero-order chi connectivity index (χ0) is 14.7. The second-order valence-corrected chi connectivity index (χ2v) is 4.91. The van der Waals surface area contributed by atoms with Crippen molar-refractivity contribution in [2.75, 3.05) is 12.3 Å². The minimum absolute atomic E-state index is 0.695. The molecular weight excluding hydrogens is 264 g/mol. The van der Waals surface area contributed by atoms with E-state index in [1.165, 1.54) is 0 Å². The summed E-state index contributed by atoms with van der Waals surface area (Å²) >= 11 is 0. The maximum Gasteiger partial charge on any atom is 0.203 e. The molecule has 2 N–H and O–H groups in total. The summed E-state index contributed by atoms with van der Waals surface area (Å²) in [7, 11) is 0. The van der Waals surface area contributed by atoms with E-state index in [1.807, 2.05) is 47.0 Å². The van der Waals surface area contributed by atoms with Gasteiger partial charge in [0, 0.05) is 17.4 Å². The first kappa shape index (κ1) is 13.4. The number of hydrogen-bond donors (Lipinski definition) is 1. The number of pyridine rings is 1. The van der Waals surface area contributed by atoms with Gasteiger partial charge in [-0.25, -0.2) is 0 Å². The topological polar surface area (TPSA) is 65.4 Å². The average molecular weight is 282 g/mol. The number of anilines is 1. The van der Waals surface area contributed by atoms with Gasteiger partial charge in [0.15, 0.2) is 11.6 Å². The number of rotatable bonds is 5. The van der Waals surface area contributed by atoms with Crippen molar-refractivity contribution in [3.63, 3.8) is 0 Å². The van der Waals surface area contributed by atoms with Crippen molar-refractivity contribution in [2.24, 2.45) is 0 Å². The van der Waals surface area contributed by atoms with Crippen molar-refractivity contribution in [1.29, 1.82) is 0 Å². The lowest BCUT2D eigenvalue weighted by atomic mass is 10.2. The van der Waals surface area contributed by atoms with Gasteiger partial charge in [-0.05, 0) is 42.8 Å². The first-order valence-corrected chi connectivity index (χ1v) is 7.12. The first-order chi connectivity index (χ1) is 10.3. The minimum atomic E-state index is 0.695. The van der Waals surface area contributed by atoms with Gasteiger partial charge < -0.3 is 10.5 Å². The smallest absolute Gasteiger partial charge is 0.203 e. The lowest BCUT2D eigenvalue weighted by molar-refractivity contribution is 0.311. The Labute approximate surface area is 123 Å². The number of aromatic nitrogens is 3. The molecule has 108 valence electrons. The average Bonchev–Trinajstić information content (AvgIpc) is 2.93. The van der Waals surface area contributed by atoms with Gasteiger partial charge in [-0.2, -0.15) is 0 Å². The molecule has 1 aromatic carbocycles. The van der Waals surface area contributed by atoms with Crippen molar-refractivity contribution >= 4 is 11.3 Å². The van der Waals surface area contributed by atoms with Crippen LogP contribution in [-0.2, 0) is 0 Å². The summed E-state index contributed by atoms with van der Waals surface area (Å²) in [4.78, 5) is 0. The Morgan fingerprint density at radius 1 is 1.14 bits per heavy atom. The zero-order valence-corrected chi connectivity index (χ0v) is 12.0. The molecule has 0 aliphatic heterocycles. The van der Waals surface area contributed by atoms with Gasteiger partial charge in [0.25, 0.3) is 0 Å². The Morgan fingerprint density at radius 3 is 2.71 bits per heavy atom. The number of hydrogen-bond acceptors (Lipinski definition) is 4. The van der Waals surface area contributed by atoms with Crippen LogP contribution in [0.15, 0.2) is 42.6 Å². The Balaban J connectivity index is 1.98. The SMILES string of the molecule is CCCCOc1cccn2c(-c3ccc(N)cc3)nnc12. The molecule has 5 heteroatoms. The number of nitrogens with zero attached hydrogens (tertiary/aromatic N) is 3. The van der Waals surface area contributed by atoms with E-state index < -0.39 is 0 Å². The van der Waals surface area contributed by atoms with Crippen molar-refractivity contribution in [3.8, 4) is 17.1 Å². The number of benzene rings is 1. The van der Waals surface area contributed by atoms with Crippen LogP contribution < -0.4 is 10.5 Å². The molecule has 21 heavy (non-hydrogen) atoms. The minimum Gasteiger partial charge on any atom is -0.490 e. The quantitative estimate of drug-likeness (QED) is 0.576. The molecule has 0 radical (unpaired) electrons. The van der Waals surface area contributed by atoms with E-state index in [1.54, 1.807) is 0 Å². The molecule has 0 unspecified atom stereocenters. The number of fused-ring (bicyclic) bond motifs is 1. The lowest BCUT2D eigenvalue weighted by Gasteiger charge is -2.06. The molecule has 0 bridgehead atoms. The largest absolute Gasteiger partial charge is 0.490 e. The maximum absolute atomic E-state index is 5.78. The van der Waals surface area contributed by atoms with Gasteiger partial charge in [-0.1, -0.05) is 13.3 Å². The Morgan fingerprint density at radius 2 is 1.95 bits per heavy atom. The van der Waals surface area contributed by atoms with Crippen LogP contribution in [-0.4, -0.2) is 21.2 Å². The maximum atomic E-state index is 5.78. The number of unbranched alkanes of at least 4 members (excludes halogenated alkanes) is 1. The van der Waals surface area contributed by atoms with Crippen molar-refractivity contribution in [2.45, 2.75) is 19.8 Å². The highest BCUT2D eigenvalue weighted by atomic mass is 16.5. The summed E-state index contributed by atoms with van der Waals surface area (Å²) in [6.45, 7) is 2.83. The van der Waals surface area contributed by atoms with Crippen LogP contribution in [0.2, 0.25) is 0 Å². The van der Waals surface area contributed by atoms with E-state index in [4.69, 9.17) is 10.5 Å². The fourth-order valence-corrected chi connectivity index (χ4v) is 2.16. The van der Waals surface area contributed by atoms with Gasteiger partial charge in [0.2, 0.25) is 5.65 Å². The highest BCUT2D eigenvalue weighted by Crippen LogP contribution is 2.24. The number of nitrogens with two attached hydrogens (primary N) is 1. The summed E-state index contributed by atoms with van der Waals surface area (Å²) in [5, 5.41) is 8.53. The third-order valence-electron chi connectivity index (χ3n) is 3.32. The van der Waals surface area contributed by atoms with Crippen LogP contribution in [0.5, 0.6) is 5.75 Å². The molecule has 3 rings (SSSR count). The van der Waals surface area contributed by atoms with Crippen LogP contribution in [0.4, 0.5) is 5.69 Å². The molecule has 3 aromatic rings. The van der Waals surface area contributed by atoms with Crippen LogP contribution >= 0.6 is 0 Å². The van der Waals surface area contributed by atoms with E-state index >= 15 is 0 Å². The number of nitrogen functional groups attached to an aromatic ring is 1. The molecule has 0 spiro atoms. The standard InChI is InChI=1S/C16H18N4O/c1-2-3-11-21-14-5-4-10-20-15(18-19-16(14)20)12-6-8-13(17)9-7-12/h4-10H,2-3,11,17H2,1H3. The van der Waals surface area contributed by atoms with E-state index in [9.17, 15) is 0 Å². The molecular formula is C16H18N4O. The monoisotopic (exact) mass is 282 g/mol. The molecule has 0 saturated carbocycles. The van der Waals surface area contributed by atoms with Crippen molar-refractivity contribution in [1.82, 2.24) is 14.6 Å². The van der Waals surface area contributed by atoms with Crippen LogP contribution in [0.3, 0.4) is 0 Å². The highest BCUT2D eigenvalue weighted by molar-refractivity contribution is 5.64. The molecule has 0 aliphatic rings.